The Hall–Kier alpha value is -0.450. The minimum absolute atomic E-state index is 0.230. The first-order chi connectivity index (χ1) is 11.5. The summed E-state index contributed by atoms with van der Waals surface area (Å²) in [5, 5.41) is 3.90. The highest BCUT2D eigenvalue weighted by Crippen LogP contribution is 2.28. The molecule has 0 spiro atoms. The predicted molar refractivity (Wildman–Crippen MR) is 99.2 cm³/mol. The van der Waals surface area contributed by atoms with E-state index in [0.29, 0.717) is 46.4 Å². The average Bonchev–Trinajstić information content (AvgIpc) is 3.24. The van der Waals surface area contributed by atoms with Crippen molar-refractivity contribution in [3.63, 3.8) is 0 Å². The second-order valence-corrected chi connectivity index (χ2v) is 10.0. The molecule has 2 saturated heterocycles. The minimum Gasteiger partial charge on any atom is -0.376 e. The van der Waals surface area contributed by atoms with Gasteiger partial charge in [-0.2, -0.15) is 4.31 Å². The monoisotopic (exact) mass is 409 g/mol. The summed E-state index contributed by atoms with van der Waals surface area (Å²) in [7, 11) is -3.46. The van der Waals surface area contributed by atoms with Crippen molar-refractivity contribution in [2.24, 2.45) is 0 Å². The largest absolute Gasteiger partial charge is 0.376 e. The molecule has 3 heterocycles. The number of ether oxygens (including phenoxy) is 1. The van der Waals surface area contributed by atoms with Gasteiger partial charge < -0.3 is 15.0 Å². The van der Waals surface area contributed by atoms with Crippen LogP contribution < -0.4 is 5.32 Å². The Morgan fingerprint density at radius 3 is 2.71 bits per heavy atom. The van der Waals surface area contributed by atoms with E-state index >= 15 is 0 Å². The first-order valence-corrected chi connectivity index (χ1v) is 10.9. The van der Waals surface area contributed by atoms with Crippen molar-refractivity contribution in [2.45, 2.75) is 23.2 Å². The van der Waals surface area contributed by atoms with E-state index in [1.54, 1.807) is 12.1 Å². The molecule has 0 radical (unpaired) electrons. The van der Waals surface area contributed by atoms with Crippen molar-refractivity contribution in [1.29, 1.82) is 0 Å². The van der Waals surface area contributed by atoms with Crippen LogP contribution in [0, 0.1) is 0 Å². The zero-order valence-electron chi connectivity index (χ0n) is 13.1. The molecule has 134 valence electrons. The van der Waals surface area contributed by atoms with Gasteiger partial charge in [-0.1, -0.05) is 11.6 Å². The van der Waals surface area contributed by atoms with Gasteiger partial charge in [0.25, 0.3) is 10.0 Å². The Morgan fingerprint density at radius 2 is 2.12 bits per heavy atom. The van der Waals surface area contributed by atoms with E-state index in [1.807, 2.05) is 4.90 Å². The summed E-state index contributed by atoms with van der Waals surface area (Å²) in [6, 6.07) is 3.17. The van der Waals surface area contributed by atoms with Crippen molar-refractivity contribution in [3.8, 4) is 0 Å². The molecule has 0 saturated carbocycles. The van der Waals surface area contributed by atoms with Crippen LogP contribution in [-0.4, -0.2) is 68.2 Å². The molecule has 0 amide bonds. The third-order valence-corrected chi connectivity index (χ3v) is 8.17. The molecule has 10 heteroatoms. The summed E-state index contributed by atoms with van der Waals surface area (Å²) in [5.74, 6) is 0. The van der Waals surface area contributed by atoms with E-state index in [2.05, 4.69) is 5.32 Å². The molecule has 1 aromatic rings. The zero-order chi connectivity index (χ0) is 17.2. The molecule has 2 aliphatic rings. The number of thiophene rings is 1. The minimum atomic E-state index is -3.46. The van der Waals surface area contributed by atoms with Gasteiger partial charge in [-0.05, 0) is 37.2 Å². The summed E-state index contributed by atoms with van der Waals surface area (Å²) >= 11 is 12.4. The maximum absolute atomic E-state index is 12.6. The number of sulfonamides is 1. The van der Waals surface area contributed by atoms with Gasteiger partial charge >= 0.3 is 0 Å². The summed E-state index contributed by atoms with van der Waals surface area (Å²) in [6.45, 7) is 3.53. The molecule has 24 heavy (non-hydrogen) atoms. The Morgan fingerprint density at radius 1 is 1.38 bits per heavy atom. The number of piperazine rings is 1. The van der Waals surface area contributed by atoms with Gasteiger partial charge in [-0.3, -0.25) is 0 Å². The van der Waals surface area contributed by atoms with Gasteiger partial charge in [0.2, 0.25) is 0 Å². The Balaban J connectivity index is 1.50. The molecule has 0 bridgehead atoms. The van der Waals surface area contributed by atoms with Gasteiger partial charge in [0.15, 0.2) is 5.11 Å². The third kappa shape index (κ3) is 4.20. The third-order valence-electron chi connectivity index (χ3n) is 4.17. The van der Waals surface area contributed by atoms with Crippen molar-refractivity contribution in [3.05, 3.63) is 16.5 Å². The highest BCUT2D eigenvalue weighted by Gasteiger charge is 2.30. The van der Waals surface area contributed by atoms with Crippen molar-refractivity contribution in [2.75, 3.05) is 39.3 Å². The molecule has 2 fully saturated rings. The Kier molecular flexibility index (Phi) is 5.99. The standard InChI is InChI=1S/C14H20ClN3O3S3/c15-12-3-4-13(23-12)24(19,20)18-7-5-17(6-8-18)14(22)16-10-11-2-1-9-21-11/h3-4,11H,1-2,5-10H2,(H,16,22). The molecule has 2 aliphatic heterocycles. The molecular weight excluding hydrogens is 390 g/mol. The van der Waals surface area contributed by atoms with Crippen LogP contribution in [0.15, 0.2) is 16.3 Å². The SMILES string of the molecule is O=S(=O)(c1ccc(Cl)s1)N1CCN(C(=S)NCC2CCCO2)CC1. The van der Waals surface area contributed by atoms with Crippen LogP contribution in [0.2, 0.25) is 4.34 Å². The van der Waals surface area contributed by atoms with Crippen LogP contribution in [0.5, 0.6) is 0 Å². The number of thiocarbonyl (C=S) groups is 1. The fraction of sp³-hybridized carbons (Fsp3) is 0.643. The molecule has 6 nitrogen and oxygen atoms in total. The lowest BCUT2D eigenvalue weighted by atomic mass is 10.2. The number of hydrogen-bond donors (Lipinski definition) is 1. The maximum atomic E-state index is 12.6. The quantitative estimate of drug-likeness (QED) is 0.764. The van der Waals surface area contributed by atoms with Crippen LogP contribution >= 0.6 is 35.2 Å². The summed E-state index contributed by atoms with van der Waals surface area (Å²) < 4.78 is 33.0. The first kappa shape index (κ1) is 18.3. The highest BCUT2D eigenvalue weighted by molar-refractivity contribution is 7.91. The lowest BCUT2D eigenvalue weighted by Crippen LogP contribution is -2.53. The van der Waals surface area contributed by atoms with E-state index in [4.69, 9.17) is 28.6 Å². The number of nitrogens with one attached hydrogen (secondary N) is 1. The average molecular weight is 410 g/mol. The summed E-state index contributed by atoms with van der Waals surface area (Å²) in [6.07, 6.45) is 2.39. The van der Waals surface area contributed by atoms with Crippen LogP contribution in [0.3, 0.4) is 0 Å². The molecular formula is C14H20ClN3O3S3. The number of rotatable bonds is 4. The van der Waals surface area contributed by atoms with E-state index < -0.39 is 10.0 Å². The lowest BCUT2D eigenvalue weighted by molar-refractivity contribution is 0.113. The van der Waals surface area contributed by atoms with E-state index in [-0.39, 0.29) is 6.10 Å². The van der Waals surface area contributed by atoms with Gasteiger partial charge in [-0.25, -0.2) is 8.42 Å². The number of halogens is 1. The predicted octanol–water partition coefficient (Wildman–Crippen LogP) is 1.76. The summed E-state index contributed by atoms with van der Waals surface area (Å²) in [5.41, 5.74) is 0. The number of hydrogen-bond acceptors (Lipinski definition) is 5. The van der Waals surface area contributed by atoms with Crippen molar-refractivity contribution >= 4 is 50.3 Å². The highest BCUT2D eigenvalue weighted by atomic mass is 35.5. The van der Waals surface area contributed by atoms with Gasteiger partial charge in [0, 0.05) is 39.3 Å². The van der Waals surface area contributed by atoms with Crippen LogP contribution in [0.4, 0.5) is 0 Å². The summed E-state index contributed by atoms with van der Waals surface area (Å²) in [4.78, 5) is 2.01. The molecule has 1 atom stereocenters. The molecule has 1 aromatic heterocycles. The molecule has 0 aliphatic carbocycles. The number of nitrogens with zero attached hydrogens (tertiary/aromatic N) is 2. The van der Waals surface area contributed by atoms with E-state index in [1.165, 1.54) is 4.31 Å². The van der Waals surface area contributed by atoms with Gasteiger partial charge in [0.05, 0.1) is 10.4 Å². The topological polar surface area (TPSA) is 61.9 Å². The first-order valence-electron chi connectivity index (χ1n) is 7.87. The molecule has 0 aromatic carbocycles. The Labute approximate surface area is 156 Å². The smallest absolute Gasteiger partial charge is 0.252 e. The van der Waals surface area contributed by atoms with Gasteiger partial charge in [-0.15, -0.1) is 11.3 Å². The maximum Gasteiger partial charge on any atom is 0.252 e. The van der Waals surface area contributed by atoms with Crippen molar-refractivity contribution in [1.82, 2.24) is 14.5 Å². The molecule has 3 rings (SSSR count). The van der Waals surface area contributed by atoms with E-state index in [0.717, 1.165) is 30.8 Å². The fourth-order valence-corrected chi connectivity index (χ4v) is 6.14. The molecule has 1 N–H and O–H groups in total. The second-order valence-electron chi connectivity index (χ2n) is 5.77. The Bertz CT molecular complexity index is 680. The lowest BCUT2D eigenvalue weighted by Gasteiger charge is -2.35. The van der Waals surface area contributed by atoms with E-state index in [9.17, 15) is 8.42 Å². The van der Waals surface area contributed by atoms with Crippen LogP contribution in [0.1, 0.15) is 12.8 Å². The van der Waals surface area contributed by atoms with Crippen molar-refractivity contribution < 1.29 is 13.2 Å². The normalized spacial score (nSPS) is 22.7. The zero-order valence-corrected chi connectivity index (χ0v) is 16.3. The second kappa shape index (κ2) is 7.84. The van der Waals surface area contributed by atoms with Crippen LogP contribution in [0.25, 0.3) is 0 Å². The molecule has 1 unspecified atom stereocenters. The van der Waals surface area contributed by atoms with Crippen LogP contribution in [-0.2, 0) is 14.8 Å². The van der Waals surface area contributed by atoms with Gasteiger partial charge in [0.1, 0.15) is 4.21 Å². The fourth-order valence-electron chi connectivity index (χ4n) is 2.81.